The first-order valence-corrected chi connectivity index (χ1v) is 31.7. The standard InChI is InChI=1S/C60H104N4S/c1-60(2)55-41-53(62(48-18-7-3-8-19-48)49-20-9-4-10-21-49)34-36-57(55)64(51-24-13-6-14-25-51)58-37-35-54(42-56(58)60)63(50-22-11-5-12-23-50)52-32-30-44(31-33-52)43-26-28-45(29-27-43)46-16-15-17-47(40-46)59-61-38-39-65-59/h43-59,61H,3-42H2,1-2H3. The van der Waals surface area contributed by atoms with Crippen molar-refractivity contribution >= 4 is 11.8 Å². The molecule has 9 aliphatic carbocycles. The number of piperidine rings is 1. The average molecular weight is 914 g/mol. The summed E-state index contributed by atoms with van der Waals surface area (Å²) in [4.78, 5) is 10.1. The van der Waals surface area contributed by atoms with E-state index in [9.17, 15) is 0 Å². The maximum absolute atomic E-state index is 3.87. The summed E-state index contributed by atoms with van der Waals surface area (Å²) < 4.78 is 0. The summed E-state index contributed by atoms with van der Waals surface area (Å²) >= 11 is 2.24. The van der Waals surface area contributed by atoms with Gasteiger partial charge in [-0.25, -0.2) is 0 Å². The molecular weight excluding hydrogens is 809 g/mol. The highest BCUT2D eigenvalue weighted by Gasteiger charge is 2.59. The number of thioether (sulfide) groups is 1. The van der Waals surface area contributed by atoms with Crippen LogP contribution in [0.1, 0.15) is 258 Å². The fraction of sp³-hybridized carbons (Fsp3) is 1.00. The Morgan fingerprint density at radius 1 is 0.385 bits per heavy atom. The molecule has 0 bridgehead atoms. The van der Waals surface area contributed by atoms with Crippen LogP contribution in [0.5, 0.6) is 0 Å². The Morgan fingerprint density at radius 3 is 1.28 bits per heavy atom. The van der Waals surface area contributed by atoms with E-state index in [1.54, 1.807) is 51.4 Å². The Bertz CT molecular complexity index is 1420. The molecule has 4 nitrogen and oxygen atoms in total. The van der Waals surface area contributed by atoms with Crippen LogP contribution in [-0.2, 0) is 0 Å². The third-order valence-corrected chi connectivity index (χ3v) is 24.7. The van der Waals surface area contributed by atoms with E-state index in [2.05, 4.69) is 45.6 Å². The van der Waals surface area contributed by atoms with Crippen molar-refractivity contribution in [2.24, 2.45) is 46.8 Å². The molecule has 11 fully saturated rings. The predicted octanol–water partition coefficient (Wildman–Crippen LogP) is 15.2. The monoisotopic (exact) mass is 913 g/mol. The molecule has 0 amide bonds. The molecule has 11 rings (SSSR count). The number of nitrogens with one attached hydrogen (secondary N) is 1. The fourth-order valence-corrected chi connectivity index (χ4v) is 21.4. The first kappa shape index (κ1) is 47.5. The second-order valence-electron chi connectivity index (χ2n) is 26.8. The van der Waals surface area contributed by atoms with E-state index in [1.165, 1.54) is 205 Å². The molecule has 2 aliphatic heterocycles. The van der Waals surface area contributed by atoms with Gasteiger partial charge in [0.05, 0.1) is 5.37 Å². The lowest BCUT2D eigenvalue weighted by molar-refractivity contribution is -0.165. The first-order valence-electron chi connectivity index (χ1n) is 30.7. The van der Waals surface area contributed by atoms with E-state index in [0.29, 0.717) is 5.41 Å². The van der Waals surface area contributed by atoms with Crippen LogP contribution in [-0.4, -0.2) is 86.7 Å². The SMILES string of the molecule is CC1(C)C2CC(N(C3CCCCC3)C3CCCCC3)CCC2N(C2CCCCC2)C2CCC(N(C3CCCCC3)C3CCC(C4CCC(C5CCCC(C6NCCS6)C5)CC4)CC3)CC21. The van der Waals surface area contributed by atoms with Crippen molar-refractivity contribution in [2.75, 3.05) is 12.3 Å². The highest BCUT2D eigenvalue weighted by Crippen LogP contribution is 2.59. The van der Waals surface area contributed by atoms with E-state index >= 15 is 0 Å². The molecule has 65 heavy (non-hydrogen) atoms. The molecule has 2 heterocycles. The van der Waals surface area contributed by atoms with Crippen LogP contribution in [0.3, 0.4) is 0 Å². The molecule has 11 aliphatic rings. The van der Waals surface area contributed by atoms with Gasteiger partial charge >= 0.3 is 0 Å². The topological polar surface area (TPSA) is 21.8 Å². The molecule has 0 spiro atoms. The van der Waals surface area contributed by atoms with Crippen molar-refractivity contribution in [3.63, 3.8) is 0 Å². The van der Waals surface area contributed by atoms with Gasteiger partial charge in [0.2, 0.25) is 0 Å². The molecule has 9 saturated carbocycles. The average Bonchev–Trinajstić information content (AvgIpc) is 3.92. The van der Waals surface area contributed by atoms with Gasteiger partial charge in [-0.15, -0.1) is 11.8 Å². The lowest BCUT2D eigenvalue weighted by atomic mass is 9.52. The largest absolute Gasteiger partial charge is 0.304 e. The number of hydrogen-bond donors (Lipinski definition) is 1. The van der Waals surface area contributed by atoms with Crippen LogP contribution in [0.2, 0.25) is 0 Å². The quantitative estimate of drug-likeness (QED) is 0.235. The minimum Gasteiger partial charge on any atom is -0.304 e. The fourth-order valence-electron chi connectivity index (χ4n) is 20.2. The second kappa shape index (κ2) is 21.9. The molecule has 370 valence electrons. The van der Waals surface area contributed by atoms with E-state index < -0.39 is 0 Å². The molecule has 1 N–H and O–H groups in total. The Balaban J connectivity index is 0.779. The lowest BCUT2D eigenvalue weighted by Gasteiger charge is -2.66. The van der Waals surface area contributed by atoms with Gasteiger partial charge in [-0.05, 0) is 201 Å². The number of likely N-dealkylation sites (tertiary alicyclic amines) is 1. The van der Waals surface area contributed by atoms with Gasteiger partial charge in [0.25, 0.3) is 0 Å². The van der Waals surface area contributed by atoms with Gasteiger partial charge < -0.3 is 5.32 Å². The van der Waals surface area contributed by atoms with Crippen LogP contribution >= 0.6 is 11.8 Å². The van der Waals surface area contributed by atoms with Crippen molar-refractivity contribution in [3.8, 4) is 0 Å². The minimum atomic E-state index is 0.447. The Morgan fingerprint density at radius 2 is 0.800 bits per heavy atom. The van der Waals surface area contributed by atoms with Crippen LogP contribution in [0.4, 0.5) is 0 Å². The third-order valence-electron chi connectivity index (χ3n) is 23.3. The highest BCUT2D eigenvalue weighted by atomic mass is 32.2. The molecule has 0 aromatic rings. The van der Waals surface area contributed by atoms with Crippen LogP contribution in [0, 0.1) is 46.8 Å². The zero-order valence-corrected chi connectivity index (χ0v) is 43.7. The number of fused-ring (bicyclic) bond motifs is 2. The van der Waals surface area contributed by atoms with E-state index in [4.69, 9.17) is 0 Å². The Kier molecular flexibility index (Phi) is 16.0. The third kappa shape index (κ3) is 10.3. The molecule has 0 aromatic heterocycles. The first-order chi connectivity index (χ1) is 32.0. The molecule has 2 saturated heterocycles. The van der Waals surface area contributed by atoms with Crippen LogP contribution in [0.15, 0.2) is 0 Å². The van der Waals surface area contributed by atoms with Gasteiger partial charge in [0, 0.05) is 66.7 Å². The predicted molar refractivity (Wildman–Crippen MR) is 278 cm³/mol. The summed E-state index contributed by atoms with van der Waals surface area (Å²) in [6.07, 6.45) is 57.7. The summed E-state index contributed by atoms with van der Waals surface area (Å²) in [7, 11) is 0. The van der Waals surface area contributed by atoms with Crippen molar-refractivity contribution < 1.29 is 0 Å². The van der Waals surface area contributed by atoms with Crippen LogP contribution < -0.4 is 5.32 Å². The van der Waals surface area contributed by atoms with Gasteiger partial charge in [-0.2, -0.15) is 0 Å². The van der Waals surface area contributed by atoms with E-state index in [-0.39, 0.29) is 0 Å². The molecule has 9 unspecified atom stereocenters. The summed E-state index contributed by atoms with van der Waals surface area (Å²) in [5.74, 6) is 8.24. The van der Waals surface area contributed by atoms with Crippen LogP contribution in [0.25, 0.3) is 0 Å². The maximum Gasteiger partial charge on any atom is 0.0561 e. The zero-order valence-electron chi connectivity index (χ0n) is 42.8. The van der Waals surface area contributed by atoms with Gasteiger partial charge in [0.1, 0.15) is 0 Å². The second-order valence-corrected chi connectivity index (χ2v) is 28.0. The summed E-state index contributed by atoms with van der Waals surface area (Å²) in [5.41, 5.74) is 0.447. The molecule has 0 aromatic carbocycles. The lowest BCUT2D eigenvalue weighted by Crippen LogP contribution is -2.69. The highest BCUT2D eigenvalue weighted by molar-refractivity contribution is 8.00. The van der Waals surface area contributed by atoms with Crippen molar-refractivity contribution in [1.82, 2.24) is 20.0 Å². The molecule has 0 radical (unpaired) electrons. The van der Waals surface area contributed by atoms with Crippen molar-refractivity contribution in [3.05, 3.63) is 0 Å². The van der Waals surface area contributed by atoms with Gasteiger partial charge in [-0.3, -0.25) is 14.7 Å². The van der Waals surface area contributed by atoms with Gasteiger partial charge in [0.15, 0.2) is 0 Å². The molecule has 9 atom stereocenters. The van der Waals surface area contributed by atoms with E-state index in [1.807, 2.05) is 0 Å². The zero-order chi connectivity index (χ0) is 43.7. The minimum absolute atomic E-state index is 0.447. The number of hydrogen-bond acceptors (Lipinski definition) is 5. The Labute approximate surface area is 406 Å². The number of nitrogens with zero attached hydrogens (tertiary/aromatic N) is 3. The normalized spacial score (nSPS) is 43.7. The maximum atomic E-state index is 3.87. The summed E-state index contributed by atoms with van der Waals surface area (Å²) in [6.45, 7) is 7.03. The summed E-state index contributed by atoms with van der Waals surface area (Å²) in [5, 5.41) is 4.65. The van der Waals surface area contributed by atoms with Crippen molar-refractivity contribution in [2.45, 2.75) is 318 Å². The summed E-state index contributed by atoms with van der Waals surface area (Å²) in [6, 6.07) is 7.83. The smallest absolute Gasteiger partial charge is 0.0561 e. The van der Waals surface area contributed by atoms with Crippen molar-refractivity contribution in [1.29, 1.82) is 0 Å². The number of rotatable bonds is 10. The molecule has 5 heteroatoms. The Hall–Kier alpha value is 0.190. The van der Waals surface area contributed by atoms with Gasteiger partial charge in [-0.1, -0.05) is 104 Å². The molecular formula is C60H104N4S. The van der Waals surface area contributed by atoms with E-state index in [0.717, 1.165) is 101 Å².